The first kappa shape index (κ1) is 22.4. The summed E-state index contributed by atoms with van der Waals surface area (Å²) < 4.78 is 44.7. The number of amides is 1. The Kier molecular flexibility index (Phi) is 6.71. The Labute approximate surface area is 180 Å². The molecule has 12 heteroatoms. The van der Waals surface area contributed by atoms with Crippen molar-refractivity contribution in [3.05, 3.63) is 63.7 Å². The molecule has 1 aliphatic heterocycles. The Morgan fingerprint density at radius 2 is 1.84 bits per heavy atom. The average Bonchev–Trinajstić information content (AvgIpc) is 2.73. The molecule has 0 aliphatic carbocycles. The summed E-state index contributed by atoms with van der Waals surface area (Å²) in [6, 6.07) is 8.50. The number of morpholine rings is 1. The van der Waals surface area contributed by atoms with Crippen LogP contribution >= 0.6 is 12.2 Å². The van der Waals surface area contributed by atoms with E-state index >= 15 is 0 Å². The zero-order chi connectivity index (χ0) is 22.6. The van der Waals surface area contributed by atoms with Crippen molar-refractivity contribution in [3.8, 4) is 0 Å². The number of halogens is 3. The first-order valence-electron chi connectivity index (χ1n) is 9.06. The number of hydrogen-bond acceptors (Lipinski definition) is 6. The standard InChI is InChI=1S/C19H17F3N4O4S/c20-19(21,22)14-3-1-2-4-15(14)23-18(31)24-17(27)13-11-12(26(28)29)5-6-16(13)25-7-9-30-10-8-25/h1-6,11H,7-10H2,(H2,23,24,27,31). The highest BCUT2D eigenvalue weighted by Gasteiger charge is 2.33. The number of nitro groups is 1. The number of anilines is 2. The first-order valence-corrected chi connectivity index (χ1v) is 9.47. The topological polar surface area (TPSA) is 96.7 Å². The first-order chi connectivity index (χ1) is 14.7. The van der Waals surface area contributed by atoms with E-state index in [4.69, 9.17) is 17.0 Å². The van der Waals surface area contributed by atoms with Crippen molar-refractivity contribution < 1.29 is 27.6 Å². The van der Waals surface area contributed by atoms with Crippen molar-refractivity contribution in [1.29, 1.82) is 0 Å². The van der Waals surface area contributed by atoms with Crippen LogP contribution in [0.1, 0.15) is 15.9 Å². The van der Waals surface area contributed by atoms with Gasteiger partial charge in [0, 0.05) is 25.2 Å². The highest BCUT2D eigenvalue weighted by atomic mass is 32.1. The maximum atomic E-state index is 13.2. The van der Waals surface area contributed by atoms with Crippen molar-refractivity contribution >= 4 is 40.3 Å². The van der Waals surface area contributed by atoms with E-state index in [-0.39, 0.29) is 22.1 Å². The second-order valence-electron chi connectivity index (χ2n) is 6.51. The van der Waals surface area contributed by atoms with Crippen LogP contribution in [0.4, 0.5) is 30.2 Å². The molecule has 0 spiro atoms. The minimum Gasteiger partial charge on any atom is -0.378 e. The number of carbonyl (C=O) groups is 1. The Morgan fingerprint density at radius 3 is 2.48 bits per heavy atom. The van der Waals surface area contributed by atoms with Gasteiger partial charge in [-0.3, -0.25) is 20.2 Å². The van der Waals surface area contributed by atoms with Crippen molar-refractivity contribution in [2.24, 2.45) is 0 Å². The largest absolute Gasteiger partial charge is 0.418 e. The van der Waals surface area contributed by atoms with Crippen molar-refractivity contribution in [2.45, 2.75) is 6.18 Å². The lowest BCUT2D eigenvalue weighted by atomic mass is 10.1. The van der Waals surface area contributed by atoms with Gasteiger partial charge in [-0.25, -0.2) is 0 Å². The number of alkyl halides is 3. The Balaban J connectivity index is 1.83. The molecule has 164 valence electrons. The molecule has 1 heterocycles. The fourth-order valence-electron chi connectivity index (χ4n) is 3.06. The van der Waals surface area contributed by atoms with Gasteiger partial charge >= 0.3 is 6.18 Å². The number of non-ortho nitro benzene ring substituents is 1. The Morgan fingerprint density at radius 1 is 1.16 bits per heavy atom. The lowest BCUT2D eigenvalue weighted by molar-refractivity contribution is -0.384. The Hall–Kier alpha value is -3.25. The minimum absolute atomic E-state index is 0.0237. The molecule has 1 aliphatic rings. The van der Waals surface area contributed by atoms with Gasteiger partial charge in [-0.05, 0) is 30.4 Å². The number of nitrogens with one attached hydrogen (secondary N) is 2. The third-order valence-corrected chi connectivity index (χ3v) is 4.70. The maximum Gasteiger partial charge on any atom is 0.418 e. The van der Waals surface area contributed by atoms with E-state index in [9.17, 15) is 28.1 Å². The molecule has 2 aromatic carbocycles. The van der Waals surface area contributed by atoms with Gasteiger partial charge < -0.3 is 15.0 Å². The van der Waals surface area contributed by atoms with Gasteiger partial charge in [-0.15, -0.1) is 0 Å². The number of carbonyl (C=O) groups excluding carboxylic acids is 1. The summed E-state index contributed by atoms with van der Waals surface area (Å²) in [5.41, 5.74) is -1.17. The van der Waals surface area contributed by atoms with Gasteiger partial charge in [0.2, 0.25) is 0 Å². The average molecular weight is 454 g/mol. The van der Waals surface area contributed by atoms with Crippen LogP contribution in [-0.2, 0) is 10.9 Å². The number of nitro benzene ring substituents is 1. The highest BCUT2D eigenvalue weighted by Crippen LogP contribution is 2.34. The van der Waals surface area contributed by atoms with Gasteiger partial charge in [0.25, 0.3) is 11.6 Å². The molecule has 0 unspecified atom stereocenters. The van der Waals surface area contributed by atoms with Crippen LogP contribution in [0, 0.1) is 10.1 Å². The monoisotopic (exact) mass is 454 g/mol. The van der Waals surface area contributed by atoms with Crippen LogP contribution in [0.5, 0.6) is 0 Å². The molecule has 8 nitrogen and oxygen atoms in total. The van der Waals surface area contributed by atoms with Crippen LogP contribution in [0.3, 0.4) is 0 Å². The van der Waals surface area contributed by atoms with E-state index in [1.165, 1.54) is 30.3 Å². The predicted octanol–water partition coefficient (Wildman–Crippen LogP) is 3.58. The third-order valence-electron chi connectivity index (χ3n) is 4.50. The molecule has 2 N–H and O–H groups in total. The molecular weight excluding hydrogens is 437 g/mol. The number of nitrogens with zero attached hydrogens (tertiary/aromatic N) is 2. The third kappa shape index (κ3) is 5.47. The molecule has 0 aromatic heterocycles. The van der Waals surface area contributed by atoms with Gasteiger partial charge in [0.15, 0.2) is 5.11 Å². The zero-order valence-electron chi connectivity index (χ0n) is 15.9. The van der Waals surface area contributed by atoms with Crippen LogP contribution in [-0.4, -0.2) is 42.2 Å². The summed E-state index contributed by atoms with van der Waals surface area (Å²) in [6.07, 6.45) is -4.62. The molecule has 1 fully saturated rings. The van der Waals surface area contributed by atoms with E-state index in [2.05, 4.69) is 10.6 Å². The molecule has 31 heavy (non-hydrogen) atoms. The van der Waals surface area contributed by atoms with Crippen LogP contribution < -0.4 is 15.5 Å². The molecule has 0 saturated carbocycles. The SMILES string of the molecule is O=C(NC(=S)Nc1ccccc1C(F)(F)F)c1cc([N+](=O)[O-])ccc1N1CCOCC1. The normalized spacial score (nSPS) is 14.1. The smallest absolute Gasteiger partial charge is 0.378 e. The van der Waals surface area contributed by atoms with Crippen LogP contribution in [0.25, 0.3) is 0 Å². The quantitative estimate of drug-likeness (QED) is 0.414. The maximum absolute atomic E-state index is 13.2. The van der Waals surface area contributed by atoms with Gasteiger partial charge in [-0.2, -0.15) is 13.2 Å². The number of thiocarbonyl (C=S) groups is 1. The van der Waals surface area contributed by atoms with Gasteiger partial charge in [-0.1, -0.05) is 12.1 Å². The summed E-state index contributed by atoms with van der Waals surface area (Å²) in [5, 5.41) is 15.4. The van der Waals surface area contributed by atoms with Crippen molar-refractivity contribution in [1.82, 2.24) is 5.32 Å². The fraction of sp³-hybridized carbons (Fsp3) is 0.263. The van der Waals surface area contributed by atoms with E-state index in [0.717, 1.165) is 12.1 Å². The summed E-state index contributed by atoms with van der Waals surface area (Å²) in [7, 11) is 0. The van der Waals surface area contributed by atoms with Gasteiger partial charge in [0.1, 0.15) is 0 Å². The second-order valence-corrected chi connectivity index (χ2v) is 6.92. The molecule has 0 atom stereocenters. The number of ether oxygens (including phenoxy) is 1. The molecule has 1 amide bonds. The molecule has 1 saturated heterocycles. The fourth-order valence-corrected chi connectivity index (χ4v) is 3.27. The summed E-state index contributed by atoms with van der Waals surface area (Å²) in [4.78, 5) is 25.2. The Bertz CT molecular complexity index is 1010. The lowest BCUT2D eigenvalue weighted by Crippen LogP contribution is -2.39. The molecular formula is C19H17F3N4O4S. The molecule has 0 bridgehead atoms. The van der Waals surface area contributed by atoms with E-state index in [1.54, 1.807) is 0 Å². The van der Waals surface area contributed by atoms with Crippen LogP contribution in [0.15, 0.2) is 42.5 Å². The molecule has 2 aromatic rings. The van der Waals surface area contributed by atoms with E-state index < -0.39 is 22.6 Å². The zero-order valence-corrected chi connectivity index (χ0v) is 16.8. The number of rotatable bonds is 4. The minimum atomic E-state index is -4.62. The molecule has 3 rings (SSSR count). The summed E-state index contributed by atoms with van der Waals surface area (Å²) in [5.74, 6) is -0.785. The van der Waals surface area contributed by atoms with Crippen molar-refractivity contribution in [2.75, 3.05) is 36.5 Å². The number of para-hydroxylation sites is 1. The summed E-state index contributed by atoms with van der Waals surface area (Å²) in [6.45, 7) is 1.79. The second kappa shape index (κ2) is 9.27. The lowest BCUT2D eigenvalue weighted by Gasteiger charge is -2.30. The predicted molar refractivity (Wildman–Crippen MR) is 111 cm³/mol. The van der Waals surface area contributed by atoms with Gasteiger partial charge in [0.05, 0.1) is 40.6 Å². The number of hydrogen-bond donors (Lipinski definition) is 2. The van der Waals surface area contributed by atoms with E-state index in [1.807, 2.05) is 4.90 Å². The summed E-state index contributed by atoms with van der Waals surface area (Å²) >= 11 is 5.00. The number of benzene rings is 2. The van der Waals surface area contributed by atoms with Crippen molar-refractivity contribution in [3.63, 3.8) is 0 Å². The van der Waals surface area contributed by atoms with E-state index in [0.29, 0.717) is 32.0 Å². The highest BCUT2D eigenvalue weighted by molar-refractivity contribution is 7.80. The molecule has 0 radical (unpaired) electrons. The van der Waals surface area contributed by atoms with Crippen LogP contribution in [0.2, 0.25) is 0 Å².